The number of hydrogen-bond acceptors (Lipinski definition) is 6. The van der Waals surface area contributed by atoms with Crippen LogP contribution in [0.25, 0.3) is 0 Å². The smallest absolute Gasteiger partial charge is 0.222 e. The van der Waals surface area contributed by atoms with Crippen LogP contribution in [0.1, 0.15) is 36.8 Å². The lowest BCUT2D eigenvalue weighted by molar-refractivity contribution is -0.158. The number of likely N-dealkylation sites (tertiary alicyclic amines) is 1. The summed E-state index contributed by atoms with van der Waals surface area (Å²) in [5, 5.41) is 13.6. The first kappa shape index (κ1) is 26.3. The lowest BCUT2D eigenvalue weighted by atomic mass is 9.94. The number of rotatable bonds is 7. The minimum Gasteiger partial charge on any atom is -0.389 e. The SMILES string of the molecule is O=C(C[C@@H]1CC[C@H]2[C@@H](COC[C@@H](O)CN2Cc2ccccc2F)O1)N[C@@H]1CCN(Cc2ccccc2)C1. The maximum Gasteiger partial charge on any atom is 0.222 e. The number of halogens is 1. The monoisotopic (exact) mass is 511 g/mol. The van der Waals surface area contributed by atoms with E-state index in [2.05, 4.69) is 39.4 Å². The van der Waals surface area contributed by atoms with E-state index in [1.54, 1.807) is 12.1 Å². The fourth-order valence-corrected chi connectivity index (χ4v) is 5.90. The third kappa shape index (κ3) is 7.15. The van der Waals surface area contributed by atoms with Crippen LogP contribution in [0.4, 0.5) is 4.39 Å². The molecule has 37 heavy (non-hydrogen) atoms. The van der Waals surface area contributed by atoms with Crippen LogP contribution >= 0.6 is 0 Å². The van der Waals surface area contributed by atoms with Gasteiger partial charge in [0, 0.05) is 50.4 Å². The molecule has 5 rings (SSSR count). The van der Waals surface area contributed by atoms with Crippen LogP contribution in [-0.4, -0.2) is 84.1 Å². The van der Waals surface area contributed by atoms with Gasteiger partial charge < -0.3 is 19.9 Å². The number of nitrogens with one attached hydrogen (secondary N) is 1. The minimum absolute atomic E-state index is 0.00440. The van der Waals surface area contributed by atoms with E-state index in [1.165, 1.54) is 11.6 Å². The molecule has 5 atom stereocenters. The number of hydrogen-bond donors (Lipinski definition) is 2. The molecule has 0 saturated carbocycles. The van der Waals surface area contributed by atoms with Gasteiger partial charge in [0.2, 0.25) is 5.91 Å². The molecule has 0 bridgehead atoms. The topological polar surface area (TPSA) is 74.3 Å². The molecule has 2 aromatic carbocycles. The summed E-state index contributed by atoms with van der Waals surface area (Å²) in [4.78, 5) is 17.4. The van der Waals surface area contributed by atoms with Crippen LogP contribution < -0.4 is 5.32 Å². The van der Waals surface area contributed by atoms with Crippen molar-refractivity contribution in [1.82, 2.24) is 15.1 Å². The molecule has 3 fully saturated rings. The summed E-state index contributed by atoms with van der Waals surface area (Å²) in [6.07, 6.45) is 1.80. The second-order valence-corrected chi connectivity index (χ2v) is 10.6. The fraction of sp³-hybridized carbons (Fsp3) is 0.552. The summed E-state index contributed by atoms with van der Waals surface area (Å²) in [5.41, 5.74) is 1.90. The van der Waals surface area contributed by atoms with Gasteiger partial charge in [-0.1, -0.05) is 48.5 Å². The van der Waals surface area contributed by atoms with Crippen LogP contribution in [0.2, 0.25) is 0 Å². The van der Waals surface area contributed by atoms with Crippen LogP contribution in [-0.2, 0) is 27.4 Å². The van der Waals surface area contributed by atoms with E-state index in [9.17, 15) is 14.3 Å². The molecule has 3 saturated heterocycles. The molecule has 0 aliphatic carbocycles. The number of aliphatic hydroxyl groups excluding tert-OH is 1. The molecule has 2 N–H and O–H groups in total. The van der Waals surface area contributed by atoms with E-state index in [-0.39, 0.29) is 42.6 Å². The fourth-order valence-electron chi connectivity index (χ4n) is 5.90. The lowest BCUT2D eigenvalue weighted by Gasteiger charge is -2.44. The van der Waals surface area contributed by atoms with Crippen LogP contribution in [0.5, 0.6) is 0 Å². The van der Waals surface area contributed by atoms with E-state index in [1.807, 2.05) is 12.1 Å². The van der Waals surface area contributed by atoms with Gasteiger partial charge >= 0.3 is 0 Å². The van der Waals surface area contributed by atoms with Crippen molar-refractivity contribution in [3.05, 3.63) is 71.5 Å². The summed E-state index contributed by atoms with van der Waals surface area (Å²) in [5.74, 6) is -0.215. The molecular weight excluding hydrogens is 473 g/mol. The largest absolute Gasteiger partial charge is 0.389 e. The van der Waals surface area contributed by atoms with Crippen molar-refractivity contribution >= 4 is 5.91 Å². The van der Waals surface area contributed by atoms with Gasteiger partial charge in [0.25, 0.3) is 0 Å². The molecule has 0 aromatic heterocycles. The summed E-state index contributed by atoms with van der Waals surface area (Å²) in [7, 11) is 0. The number of ether oxygens (including phenoxy) is 2. The average Bonchev–Trinajstić information content (AvgIpc) is 3.31. The highest BCUT2D eigenvalue weighted by molar-refractivity contribution is 5.76. The number of nitrogens with zero attached hydrogens (tertiary/aromatic N) is 2. The Balaban J connectivity index is 1.13. The Bertz CT molecular complexity index is 1030. The predicted octanol–water partition coefficient (Wildman–Crippen LogP) is 2.72. The molecule has 3 aliphatic heterocycles. The number of amides is 1. The molecule has 3 aliphatic rings. The predicted molar refractivity (Wildman–Crippen MR) is 138 cm³/mol. The Morgan fingerprint density at radius 2 is 1.81 bits per heavy atom. The van der Waals surface area contributed by atoms with Crippen molar-refractivity contribution in [3.63, 3.8) is 0 Å². The van der Waals surface area contributed by atoms with Gasteiger partial charge in [-0.25, -0.2) is 4.39 Å². The van der Waals surface area contributed by atoms with E-state index in [4.69, 9.17) is 9.47 Å². The standard InChI is InChI=1S/C29H38FN3O4/c30-26-9-5-4-8-22(26)16-33-18-24(34)19-36-20-28-27(33)11-10-25(37-28)14-29(35)31-23-12-13-32(17-23)15-21-6-2-1-3-7-21/h1-9,23-25,27-28,34H,10-20H2,(H,31,35)/t23-,24+,25+,27+,28-/m1/s1. The zero-order valence-corrected chi connectivity index (χ0v) is 21.3. The minimum atomic E-state index is -0.635. The van der Waals surface area contributed by atoms with E-state index < -0.39 is 6.10 Å². The third-order valence-corrected chi connectivity index (χ3v) is 7.72. The Morgan fingerprint density at radius 1 is 1.00 bits per heavy atom. The summed E-state index contributed by atoms with van der Waals surface area (Å²) < 4.78 is 26.5. The molecule has 3 heterocycles. The molecule has 0 unspecified atom stereocenters. The number of fused-ring (bicyclic) bond motifs is 1. The zero-order valence-electron chi connectivity index (χ0n) is 21.3. The van der Waals surface area contributed by atoms with Crippen molar-refractivity contribution in [1.29, 1.82) is 0 Å². The molecule has 0 radical (unpaired) electrons. The van der Waals surface area contributed by atoms with Crippen molar-refractivity contribution in [3.8, 4) is 0 Å². The van der Waals surface area contributed by atoms with Gasteiger partial charge in [-0.2, -0.15) is 0 Å². The number of carbonyl (C=O) groups is 1. The van der Waals surface area contributed by atoms with Crippen molar-refractivity contribution in [2.75, 3.05) is 32.8 Å². The van der Waals surface area contributed by atoms with Crippen LogP contribution in [0.3, 0.4) is 0 Å². The number of β-amino-alcohol motifs (C(OH)–C–C–N with tert-alkyl or cyclic N) is 1. The first-order chi connectivity index (χ1) is 18.0. The Morgan fingerprint density at radius 3 is 2.65 bits per heavy atom. The quantitative estimate of drug-likeness (QED) is 0.596. The highest BCUT2D eigenvalue weighted by Crippen LogP contribution is 2.29. The Labute approximate surface area is 218 Å². The first-order valence-corrected chi connectivity index (χ1v) is 13.5. The Hall–Kier alpha value is -2.36. The normalized spacial score (nSPS) is 29.3. The van der Waals surface area contributed by atoms with Crippen molar-refractivity contribution < 1.29 is 23.8 Å². The number of aliphatic hydroxyl groups is 1. The van der Waals surface area contributed by atoms with Gasteiger partial charge in [-0.3, -0.25) is 14.6 Å². The molecule has 7 nitrogen and oxygen atoms in total. The van der Waals surface area contributed by atoms with Crippen molar-refractivity contribution in [2.45, 2.75) is 69.2 Å². The second kappa shape index (κ2) is 12.5. The lowest BCUT2D eigenvalue weighted by Crippen LogP contribution is -2.55. The summed E-state index contributed by atoms with van der Waals surface area (Å²) in [6, 6.07) is 17.3. The molecule has 1 amide bonds. The van der Waals surface area contributed by atoms with Gasteiger partial charge in [0.05, 0.1) is 37.9 Å². The summed E-state index contributed by atoms with van der Waals surface area (Å²) in [6.45, 7) is 4.10. The van der Waals surface area contributed by atoms with E-state index in [0.29, 0.717) is 31.7 Å². The van der Waals surface area contributed by atoms with Gasteiger partial charge in [0.1, 0.15) is 5.82 Å². The van der Waals surface area contributed by atoms with E-state index >= 15 is 0 Å². The van der Waals surface area contributed by atoms with Gasteiger partial charge in [-0.05, 0) is 30.9 Å². The number of carbonyl (C=O) groups excluding carboxylic acids is 1. The molecule has 8 heteroatoms. The average molecular weight is 512 g/mol. The van der Waals surface area contributed by atoms with Gasteiger partial charge in [0.15, 0.2) is 0 Å². The summed E-state index contributed by atoms with van der Waals surface area (Å²) >= 11 is 0. The first-order valence-electron chi connectivity index (χ1n) is 13.5. The molecular formula is C29H38FN3O4. The maximum absolute atomic E-state index is 14.4. The van der Waals surface area contributed by atoms with Gasteiger partial charge in [-0.15, -0.1) is 0 Å². The third-order valence-electron chi connectivity index (χ3n) is 7.72. The Kier molecular flexibility index (Phi) is 8.84. The zero-order chi connectivity index (χ0) is 25.6. The van der Waals surface area contributed by atoms with Crippen molar-refractivity contribution in [2.24, 2.45) is 0 Å². The van der Waals surface area contributed by atoms with Crippen LogP contribution in [0, 0.1) is 5.82 Å². The molecule has 2 aromatic rings. The maximum atomic E-state index is 14.4. The number of benzene rings is 2. The van der Waals surface area contributed by atoms with Crippen LogP contribution in [0.15, 0.2) is 54.6 Å². The highest BCUT2D eigenvalue weighted by atomic mass is 19.1. The molecule has 0 spiro atoms. The second-order valence-electron chi connectivity index (χ2n) is 10.6. The molecule has 200 valence electrons. The highest BCUT2D eigenvalue weighted by Gasteiger charge is 2.38. The van der Waals surface area contributed by atoms with E-state index in [0.717, 1.165) is 38.9 Å².